The number of alkyl halides is 3. The Morgan fingerprint density at radius 1 is 1.12 bits per heavy atom. The molecule has 0 radical (unpaired) electrons. The average molecular weight is 479 g/mol. The van der Waals surface area contributed by atoms with Crippen LogP contribution in [0.5, 0.6) is 0 Å². The molecule has 2 heterocycles. The molecule has 1 saturated heterocycles. The highest BCUT2D eigenvalue weighted by atomic mass is 35.5. The number of benzene rings is 2. The van der Waals surface area contributed by atoms with E-state index < -0.39 is 18.0 Å². The van der Waals surface area contributed by atoms with Crippen molar-refractivity contribution in [1.82, 2.24) is 20.0 Å². The lowest BCUT2D eigenvalue weighted by Gasteiger charge is -2.17. The van der Waals surface area contributed by atoms with Crippen molar-refractivity contribution >= 4 is 23.6 Å². The number of nitrogens with zero attached hydrogens (tertiary/aromatic N) is 3. The number of halogens is 4. The van der Waals surface area contributed by atoms with Crippen molar-refractivity contribution in [3.8, 4) is 16.9 Å². The second kappa shape index (κ2) is 8.78. The Morgan fingerprint density at radius 2 is 1.82 bits per heavy atom. The lowest BCUT2D eigenvalue weighted by Crippen LogP contribution is -2.37. The molecule has 1 fully saturated rings. The van der Waals surface area contributed by atoms with Gasteiger partial charge in [-0.1, -0.05) is 35.9 Å². The third kappa shape index (κ3) is 4.80. The van der Waals surface area contributed by atoms with Crippen molar-refractivity contribution in [2.75, 3.05) is 13.1 Å². The Hall–Kier alpha value is -3.53. The fourth-order valence-electron chi connectivity index (χ4n) is 3.74. The van der Waals surface area contributed by atoms with Crippen LogP contribution >= 0.6 is 11.6 Å². The molecule has 1 atom stereocenters. The summed E-state index contributed by atoms with van der Waals surface area (Å²) in [5.41, 5.74) is 0.155. The van der Waals surface area contributed by atoms with E-state index in [0.29, 0.717) is 29.8 Å². The van der Waals surface area contributed by atoms with Gasteiger partial charge in [0.1, 0.15) is 0 Å². The monoisotopic (exact) mass is 478 g/mol. The lowest BCUT2D eigenvalue weighted by molar-refractivity contribution is -0.141. The van der Waals surface area contributed by atoms with Gasteiger partial charge >= 0.3 is 12.3 Å². The number of hydrogen-bond donors (Lipinski definition) is 2. The van der Waals surface area contributed by atoms with E-state index >= 15 is 0 Å². The molecule has 0 aliphatic carbocycles. The largest absolute Gasteiger partial charge is 0.465 e. The molecule has 0 bridgehead atoms. The normalized spacial score (nSPS) is 16.1. The highest BCUT2D eigenvalue weighted by Gasteiger charge is 2.35. The number of aromatic nitrogens is 2. The fourth-order valence-corrected chi connectivity index (χ4v) is 3.95. The maximum Gasteiger partial charge on any atom is 0.435 e. The third-order valence-corrected chi connectivity index (χ3v) is 5.63. The molecule has 1 aromatic heterocycles. The van der Waals surface area contributed by atoms with Crippen molar-refractivity contribution in [3.05, 3.63) is 70.9 Å². The van der Waals surface area contributed by atoms with Gasteiger partial charge in [0.15, 0.2) is 5.69 Å². The zero-order valence-corrected chi connectivity index (χ0v) is 17.8. The fraction of sp³-hybridized carbons (Fsp3) is 0.227. The first-order chi connectivity index (χ1) is 15.6. The number of carbonyl (C=O) groups is 2. The van der Waals surface area contributed by atoms with Gasteiger partial charge in [0, 0.05) is 24.2 Å². The smallest absolute Gasteiger partial charge is 0.435 e. The summed E-state index contributed by atoms with van der Waals surface area (Å²) >= 11 is 6.19. The van der Waals surface area contributed by atoms with Gasteiger partial charge in [0.05, 0.1) is 22.4 Å². The molecule has 0 saturated carbocycles. The van der Waals surface area contributed by atoms with E-state index in [-0.39, 0.29) is 29.2 Å². The minimum absolute atomic E-state index is 0.168. The van der Waals surface area contributed by atoms with Crippen LogP contribution in [0.3, 0.4) is 0 Å². The topological polar surface area (TPSA) is 87.5 Å². The minimum Gasteiger partial charge on any atom is -0.465 e. The van der Waals surface area contributed by atoms with Crippen LogP contribution in [0.4, 0.5) is 18.0 Å². The number of nitrogens with one attached hydrogen (secondary N) is 1. The number of hydrogen-bond acceptors (Lipinski definition) is 3. The van der Waals surface area contributed by atoms with Crippen molar-refractivity contribution < 1.29 is 27.9 Å². The average Bonchev–Trinajstić information content (AvgIpc) is 3.41. The van der Waals surface area contributed by atoms with Gasteiger partial charge < -0.3 is 15.3 Å². The van der Waals surface area contributed by atoms with Crippen molar-refractivity contribution in [3.63, 3.8) is 0 Å². The SMILES string of the molecule is O=C(O)NC1CCN(C(=O)c2ccc(-c3cc(C(F)(F)F)nn3-c3ccccc3Cl)cc2)C1. The van der Waals surface area contributed by atoms with E-state index in [1.807, 2.05) is 0 Å². The molecule has 0 spiro atoms. The summed E-state index contributed by atoms with van der Waals surface area (Å²) in [6, 6.07) is 13.1. The summed E-state index contributed by atoms with van der Waals surface area (Å²) in [6.07, 6.45) is -5.28. The highest BCUT2D eigenvalue weighted by molar-refractivity contribution is 6.32. The molecular weight excluding hydrogens is 461 g/mol. The second-order valence-electron chi connectivity index (χ2n) is 7.54. The van der Waals surface area contributed by atoms with Crippen molar-refractivity contribution in [1.29, 1.82) is 0 Å². The van der Waals surface area contributed by atoms with Gasteiger partial charge in [-0.3, -0.25) is 4.79 Å². The molecule has 2 aromatic carbocycles. The summed E-state index contributed by atoms with van der Waals surface area (Å²) in [7, 11) is 0. The van der Waals surface area contributed by atoms with Crippen molar-refractivity contribution in [2.24, 2.45) is 0 Å². The van der Waals surface area contributed by atoms with E-state index in [1.165, 1.54) is 17.0 Å². The second-order valence-corrected chi connectivity index (χ2v) is 7.95. The Labute approximate surface area is 191 Å². The van der Waals surface area contributed by atoms with Crippen molar-refractivity contribution in [2.45, 2.75) is 18.6 Å². The molecule has 3 aromatic rings. The zero-order valence-electron chi connectivity index (χ0n) is 17.0. The Kier molecular flexibility index (Phi) is 6.03. The van der Waals surface area contributed by atoms with E-state index in [0.717, 1.165) is 10.7 Å². The predicted molar refractivity (Wildman–Crippen MR) is 114 cm³/mol. The number of carboxylic acid groups (broad SMARTS) is 1. The summed E-state index contributed by atoms with van der Waals surface area (Å²) in [6.45, 7) is 0.654. The van der Waals surface area contributed by atoms with Gasteiger partial charge in [-0.2, -0.15) is 18.3 Å². The van der Waals surface area contributed by atoms with Crippen LogP contribution in [-0.4, -0.2) is 50.9 Å². The van der Waals surface area contributed by atoms with Crippen LogP contribution in [0, 0.1) is 0 Å². The van der Waals surface area contributed by atoms with E-state index in [2.05, 4.69) is 10.4 Å². The van der Waals surface area contributed by atoms with Gasteiger partial charge in [0.25, 0.3) is 5.91 Å². The Bertz CT molecular complexity index is 1190. The maximum atomic E-state index is 13.4. The number of rotatable bonds is 4. The molecule has 4 rings (SSSR count). The standard InChI is InChI=1S/C22H18ClF3N4O3/c23-16-3-1-2-4-17(16)30-18(11-19(28-30)22(24,25)26)13-5-7-14(8-6-13)20(31)29-10-9-15(12-29)27-21(32)33/h1-8,11,15,27H,9-10,12H2,(H,32,33). The number of carbonyl (C=O) groups excluding carboxylic acids is 1. The predicted octanol–water partition coefficient (Wildman–Crippen LogP) is 4.69. The van der Waals surface area contributed by atoms with Gasteiger partial charge in [-0.25, -0.2) is 9.48 Å². The van der Waals surface area contributed by atoms with Gasteiger partial charge in [-0.15, -0.1) is 0 Å². The maximum absolute atomic E-state index is 13.4. The first kappa shape index (κ1) is 22.7. The lowest BCUT2D eigenvalue weighted by atomic mass is 10.1. The molecule has 7 nitrogen and oxygen atoms in total. The zero-order chi connectivity index (χ0) is 23.8. The molecule has 2 amide bonds. The van der Waals surface area contributed by atoms with Crippen LogP contribution in [0.15, 0.2) is 54.6 Å². The molecule has 1 aliphatic rings. The number of likely N-dealkylation sites (tertiary alicyclic amines) is 1. The molecule has 11 heteroatoms. The quantitative estimate of drug-likeness (QED) is 0.569. The molecule has 1 unspecified atom stereocenters. The Morgan fingerprint density at radius 3 is 2.45 bits per heavy atom. The van der Waals surface area contributed by atoms with Crippen LogP contribution in [-0.2, 0) is 6.18 Å². The molecule has 33 heavy (non-hydrogen) atoms. The minimum atomic E-state index is -4.65. The third-order valence-electron chi connectivity index (χ3n) is 5.31. The number of amides is 2. The molecular formula is C22H18ClF3N4O3. The van der Waals surface area contributed by atoms with E-state index in [4.69, 9.17) is 16.7 Å². The first-order valence-corrected chi connectivity index (χ1v) is 10.3. The summed E-state index contributed by atoms with van der Waals surface area (Å²) in [5, 5.41) is 15.1. The molecule has 2 N–H and O–H groups in total. The van der Waals surface area contributed by atoms with E-state index in [9.17, 15) is 22.8 Å². The van der Waals surface area contributed by atoms with Crippen LogP contribution in [0.2, 0.25) is 5.02 Å². The van der Waals surface area contributed by atoms with Crippen LogP contribution < -0.4 is 5.32 Å². The van der Waals surface area contributed by atoms with E-state index in [1.54, 1.807) is 36.4 Å². The van der Waals surface area contributed by atoms with Crippen LogP contribution in [0.25, 0.3) is 16.9 Å². The summed E-state index contributed by atoms with van der Waals surface area (Å²) in [5.74, 6) is -0.285. The first-order valence-electron chi connectivity index (χ1n) is 9.95. The van der Waals surface area contributed by atoms with Crippen LogP contribution in [0.1, 0.15) is 22.5 Å². The summed E-state index contributed by atoms with van der Waals surface area (Å²) in [4.78, 5) is 25.1. The van der Waals surface area contributed by atoms with Gasteiger partial charge in [-0.05, 0) is 36.8 Å². The molecule has 172 valence electrons. The highest BCUT2D eigenvalue weighted by Crippen LogP contribution is 2.34. The number of para-hydroxylation sites is 1. The molecule has 1 aliphatic heterocycles. The van der Waals surface area contributed by atoms with Gasteiger partial charge in [0.2, 0.25) is 0 Å². The summed E-state index contributed by atoms with van der Waals surface area (Å²) < 4.78 is 41.2. The Balaban J connectivity index is 1.63.